The third-order valence-corrected chi connectivity index (χ3v) is 6.19. The smallest absolute Gasteiger partial charge is 0.393 e. The zero-order chi connectivity index (χ0) is 17.2. The van der Waals surface area contributed by atoms with Crippen molar-refractivity contribution in [3.05, 3.63) is 78.9 Å². The van der Waals surface area contributed by atoms with Gasteiger partial charge in [0, 0.05) is 19.4 Å². The van der Waals surface area contributed by atoms with E-state index in [9.17, 15) is 0 Å². The van der Waals surface area contributed by atoms with Gasteiger partial charge in [-0.3, -0.25) is 0 Å². The van der Waals surface area contributed by atoms with Crippen LogP contribution < -0.4 is 5.19 Å². The second-order valence-corrected chi connectivity index (χ2v) is 7.86. The Bertz CT molecular complexity index is 1040. The summed E-state index contributed by atoms with van der Waals surface area (Å²) in [6, 6.07) is 27.8. The van der Waals surface area contributed by atoms with Crippen molar-refractivity contribution in [1.82, 2.24) is 0 Å². The van der Waals surface area contributed by atoms with Gasteiger partial charge >= 0.3 is 9.28 Å². The zero-order valence-electron chi connectivity index (χ0n) is 14.3. The molecule has 2 nitrogen and oxygen atoms in total. The summed E-state index contributed by atoms with van der Waals surface area (Å²) in [7, 11) is 1.93. The summed E-state index contributed by atoms with van der Waals surface area (Å²) in [6.45, 7) is 0. The van der Waals surface area contributed by atoms with Crippen molar-refractivity contribution < 1.29 is 8.85 Å². The summed E-state index contributed by atoms with van der Waals surface area (Å²) >= 11 is 0. The number of rotatable bonds is 4. The first kappa shape index (κ1) is 16.0. The van der Waals surface area contributed by atoms with Crippen LogP contribution in [0.15, 0.2) is 78.9 Å². The highest BCUT2D eigenvalue weighted by Gasteiger charge is 2.21. The Balaban J connectivity index is 2.08. The van der Waals surface area contributed by atoms with Gasteiger partial charge < -0.3 is 8.85 Å². The van der Waals surface area contributed by atoms with Gasteiger partial charge in [-0.15, -0.1) is 0 Å². The van der Waals surface area contributed by atoms with Gasteiger partial charge in [0.15, 0.2) is 0 Å². The van der Waals surface area contributed by atoms with Gasteiger partial charge in [-0.1, -0.05) is 72.8 Å². The molecule has 0 atom stereocenters. The van der Waals surface area contributed by atoms with Crippen LogP contribution in [0.4, 0.5) is 0 Å². The van der Waals surface area contributed by atoms with Crippen molar-refractivity contribution in [2.75, 3.05) is 14.2 Å². The monoisotopic (exact) mass is 343 g/mol. The molecule has 0 heterocycles. The van der Waals surface area contributed by atoms with Crippen LogP contribution in [-0.2, 0) is 8.85 Å². The highest BCUT2D eigenvalue weighted by Crippen LogP contribution is 2.34. The maximum atomic E-state index is 5.63. The third-order valence-electron chi connectivity index (χ3n) is 4.58. The van der Waals surface area contributed by atoms with Crippen molar-refractivity contribution >= 4 is 36.0 Å². The molecule has 4 rings (SSSR count). The maximum Gasteiger partial charge on any atom is 0.423 e. The molecule has 25 heavy (non-hydrogen) atoms. The molecule has 0 amide bonds. The van der Waals surface area contributed by atoms with E-state index in [-0.39, 0.29) is 0 Å². The second kappa shape index (κ2) is 6.80. The van der Waals surface area contributed by atoms with Crippen LogP contribution in [0.2, 0.25) is 0 Å². The largest absolute Gasteiger partial charge is 0.423 e. The minimum atomic E-state index is -1.50. The summed E-state index contributed by atoms with van der Waals surface area (Å²) in [6.07, 6.45) is 0. The first-order valence-corrected chi connectivity index (χ1v) is 9.60. The number of benzene rings is 4. The lowest BCUT2D eigenvalue weighted by Crippen LogP contribution is -2.36. The van der Waals surface area contributed by atoms with Crippen molar-refractivity contribution in [2.24, 2.45) is 0 Å². The Labute approximate surface area is 149 Å². The highest BCUT2D eigenvalue weighted by atomic mass is 28.3. The Morgan fingerprint density at radius 3 is 1.96 bits per heavy atom. The minimum absolute atomic E-state index is 1.14. The molecule has 1 radical (unpaired) electrons. The molecule has 0 spiro atoms. The fourth-order valence-electron chi connectivity index (χ4n) is 3.48. The lowest BCUT2D eigenvalue weighted by molar-refractivity contribution is 0.292. The molecule has 0 saturated carbocycles. The van der Waals surface area contributed by atoms with Crippen LogP contribution >= 0.6 is 0 Å². The van der Waals surface area contributed by atoms with Gasteiger partial charge in [-0.2, -0.15) is 0 Å². The fourth-order valence-corrected chi connectivity index (χ4v) is 4.75. The van der Waals surface area contributed by atoms with Crippen LogP contribution in [0.25, 0.3) is 32.7 Å². The van der Waals surface area contributed by atoms with Crippen LogP contribution in [0.5, 0.6) is 0 Å². The summed E-state index contributed by atoms with van der Waals surface area (Å²) in [5.74, 6) is 0. The van der Waals surface area contributed by atoms with E-state index < -0.39 is 9.28 Å². The maximum absolute atomic E-state index is 5.63. The summed E-state index contributed by atoms with van der Waals surface area (Å²) in [4.78, 5) is 0. The van der Waals surface area contributed by atoms with E-state index in [4.69, 9.17) is 8.85 Å². The molecule has 123 valence electrons. The Morgan fingerprint density at radius 2 is 1.20 bits per heavy atom. The first-order valence-electron chi connectivity index (χ1n) is 8.28. The van der Waals surface area contributed by atoms with Gasteiger partial charge in [0.25, 0.3) is 0 Å². The number of hydrogen-bond acceptors (Lipinski definition) is 2. The van der Waals surface area contributed by atoms with Crippen molar-refractivity contribution in [3.63, 3.8) is 0 Å². The molecule has 3 heteroatoms. The van der Waals surface area contributed by atoms with E-state index in [0.29, 0.717) is 0 Å². The van der Waals surface area contributed by atoms with Gasteiger partial charge in [0.2, 0.25) is 0 Å². The lowest BCUT2D eigenvalue weighted by atomic mass is 9.93. The van der Waals surface area contributed by atoms with E-state index >= 15 is 0 Å². The van der Waals surface area contributed by atoms with E-state index in [1.54, 1.807) is 14.2 Å². The molecule has 0 aliphatic rings. The Hall–Kier alpha value is -2.46. The van der Waals surface area contributed by atoms with E-state index in [1.807, 2.05) is 6.07 Å². The molecule has 0 aromatic heterocycles. The van der Waals surface area contributed by atoms with Gasteiger partial charge in [-0.25, -0.2) is 0 Å². The van der Waals surface area contributed by atoms with Gasteiger partial charge in [-0.05, 0) is 38.7 Å². The summed E-state index contributed by atoms with van der Waals surface area (Å²) < 4.78 is 11.3. The fraction of sp³-hybridized carbons (Fsp3) is 0.0909. The van der Waals surface area contributed by atoms with Crippen LogP contribution in [0, 0.1) is 0 Å². The molecule has 0 N–H and O–H groups in total. The molecule has 4 aromatic rings. The molecule has 0 aliphatic heterocycles. The Morgan fingerprint density at radius 1 is 0.600 bits per heavy atom. The molecule has 4 aromatic carbocycles. The lowest BCUT2D eigenvalue weighted by Gasteiger charge is -2.17. The molecule has 0 unspecified atom stereocenters. The van der Waals surface area contributed by atoms with Crippen molar-refractivity contribution in [3.8, 4) is 11.1 Å². The quantitative estimate of drug-likeness (QED) is 0.397. The first-order chi connectivity index (χ1) is 12.3. The van der Waals surface area contributed by atoms with Crippen LogP contribution in [0.3, 0.4) is 0 Å². The zero-order valence-corrected chi connectivity index (χ0v) is 15.3. The highest BCUT2D eigenvalue weighted by molar-refractivity contribution is 6.63. The molecule has 0 aliphatic carbocycles. The minimum Gasteiger partial charge on any atom is -0.393 e. The van der Waals surface area contributed by atoms with Gasteiger partial charge in [0.05, 0.1) is 0 Å². The average molecular weight is 343 g/mol. The van der Waals surface area contributed by atoms with Crippen LogP contribution in [0.1, 0.15) is 0 Å². The standard InChI is InChI=1S/C22H19O2Si/c1-23-25(24-2)22-14-8-7-13-20(22)21-15-16-9-3-4-10-17(16)18-11-5-6-12-19(18)21/h3-15H,1-2H3. The SMILES string of the molecule is CO[Si](OC)c1ccccc1-c1cc2ccccc2c2ccccc12. The van der Waals surface area contributed by atoms with Crippen molar-refractivity contribution in [1.29, 1.82) is 0 Å². The predicted molar refractivity (Wildman–Crippen MR) is 106 cm³/mol. The molecule has 0 fully saturated rings. The second-order valence-electron chi connectivity index (χ2n) is 5.93. The Kier molecular flexibility index (Phi) is 4.36. The van der Waals surface area contributed by atoms with E-state index in [0.717, 1.165) is 5.19 Å². The van der Waals surface area contributed by atoms with Gasteiger partial charge in [0.1, 0.15) is 0 Å². The molecule has 0 bridgehead atoms. The predicted octanol–water partition coefficient (Wildman–Crippen LogP) is 4.65. The number of hydrogen-bond donors (Lipinski definition) is 0. The number of fused-ring (bicyclic) bond motifs is 3. The summed E-state index contributed by atoms with van der Waals surface area (Å²) in [5.41, 5.74) is 2.41. The molecule has 0 saturated heterocycles. The molecular formula is C22H19O2Si. The summed E-state index contributed by atoms with van der Waals surface area (Å²) in [5, 5.41) is 6.19. The molecular weight excluding hydrogens is 324 g/mol. The normalized spacial score (nSPS) is 11.5. The van der Waals surface area contributed by atoms with E-state index in [2.05, 4.69) is 72.8 Å². The van der Waals surface area contributed by atoms with E-state index in [1.165, 1.54) is 32.7 Å². The topological polar surface area (TPSA) is 18.5 Å². The third kappa shape index (κ3) is 2.76. The van der Waals surface area contributed by atoms with Crippen LogP contribution in [-0.4, -0.2) is 23.5 Å². The van der Waals surface area contributed by atoms with Crippen molar-refractivity contribution in [2.45, 2.75) is 0 Å². The average Bonchev–Trinajstić information content (AvgIpc) is 2.69.